The minimum atomic E-state index is -4.99. The molecule has 0 bridgehead atoms. The van der Waals surface area contributed by atoms with Gasteiger partial charge in [0.05, 0.1) is 17.1 Å². The predicted octanol–water partition coefficient (Wildman–Crippen LogP) is 3.86. The minimum Gasteiger partial charge on any atom is -0.377 e. The van der Waals surface area contributed by atoms with Gasteiger partial charge in [-0.2, -0.15) is 13.2 Å². The van der Waals surface area contributed by atoms with Gasteiger partial charge >= 0.3 is 6.18 Å². The third kappa shape index (κ3) is 5.03. The van der Waals surface area contributed by atoms with Gasteiger partial charge in [-0.3, -0.25) is 0 Å². The van der Waals surface area contributed by atoms with Gasteiger partial charge in [0.15, 0.2) is 0 Å². The Morgan fingerprint density at radius 1 is 1.08 bits per heavy atom. The Kier molecular flexibility index (Phi) is 6.38. The van der Waals surface area contributed by atoms with Crippen LogP contribution >= 0.6 is 0 Å². The van der Waals surface area contributed by atoms with E-state index in [0.29, 0.717) is 18.2 Å². The van der Waals surface area contributed by atoms with Crippen LogP contribution < -0.4 is 4.72 Å². The van der Waals surface area contributed by atoms with E-state index in [2.05, 4.69) is 4.72 Å². The quantitative estimate of drug-likeness (QED) is 0.730. The first kappa shape index (κ1) is 20.3. The first-order valence-electron chi connectivity index (χ1n) is 7.66. The SMILES string of the molecule is CCOCc1ccccc1CNS(=O)(=O)c1ccc(F)c(C(F)(F)F)c1. The van der Waals surface area contributed by atoms with Crippen LogP contribution in [0, 0.1) is 5.82 Å². The zero-order valence-electron chi connectivity index (χ0n) is 13.8. The molecule has 0 saturated heterocycles. The standard InChI is InChI=1S/C17H17F4NO3S/c1-2-25-11-13-6-4-3-5-12(13)10-22-26(23,24)14-7-8-16(18)15(9-14)17(19,20)21/h3-9,22H,2,10-11H2,1H3. The Morgan fingerprint density at radius 3 is 2.35 bits per heavy atom. The molecule has 0 fully saturated rings. The fourth-order valence-corrected chi connectivity index (χ4v) is 3.26. The summed E-state index contributed by atoms with van der Waals surface area (Å²) in [5.74, 6) is -1.53. The molecule has 26 heavy (non-hydrogen) atoms. The maximum absolute atomic E-state index is 13.3. The lowest BCUT2D eigenvalue weighted by Gasteiger charge is -2.13. The number of benzene rings is 2. The average molecular weight is 391 g/mol. The highest BCUT2D eigenvalue weighted by atomic mass is 32.2. The zero-order chi connectivity index (χ0) is 19.4. The molecule has 0 aliphatic rings. The first-order valence-corrected chi connectivity index (χ1v) is 9.14. The number of alkyl halides is 3. The van der Waals surface area contributed by atoms with E-state index in [1.54, 1.807) is 24.3 Å². The molecule has 0 unspecified atom stereocenters. The molecule has 0 aliphatic heterocycles. The van der Waals surface area contributed by atoms with E-state index in [9.17, 15) is 26.0 Å². The third-order valence-electron chi connectivity index (χ3n) is 3.59. The second-order valence-corrected chi connectivity index (χ2v) is 7.14. The molecule has 9 heteroatoms. The van der Waals surface area contributed by atoms with E-state index in [1.807, 2.05) is 6.92 Å². The summed E-state index contributed by atoms with van der Waals surface area (Å²) in [5, 5.41) is 0. The topological polar surface area (TPSA) is 55.4 Å². The molecule has 0 amide bonds. The maximum Gasteiger partial charge on any atom is 0.419 e. The minimum absolute atomic E-state index is 0.135. The lowest BCUT2D eigenvalue weighted by molar-refractivity contribution is -0.140. The monoisotopic (exact) mass is 391 g/mol. The van der Waals surface area contributed by atoms with Crippen molar-refractivity contribution in [3.05, 3.63) is 65.0 Å². The van der Waals surface area contributed by atoms with Crippen LogP contribution in [0.2, 0.25) is 0 Å². The smallest absolute Gasteiger partial charge is 0.377 e. The summed E-state index contributed by atoms with van der Waals surface area (Å²) in [4.78, 5) is -0.659. The van der Waals surface area contributed by atoms with Crippen LogP contribution in [0.3, 0.4) is 0 Å². The highest BCUT2D eigenvalue weighted by Gasteiger charge is 2.35. The second-order valence-electron chi connectivity index (χ2n) is 5.37. The van der Waals surface area contributed by atoms with Crippen molar-refractivity contribution in [3.63, 3.8) is 0 Å². The maximum atomic E-state index is 13.3. The summed E-state index contributed by atoms with van der Waals surface area (Å²) in [5.41, 5.74) is -0.244. The molecule has 0 spiro atoms. The number of hydrogen-bond donors (Lipinski definition) is 1. The second kappa shape index (κ2) is 8.15. The van der Waals surface area contributed by atoms with E-state index in [1.165, 1.54) is 0 Å². The van der Waals surface area contributed by atoms with Crippen LogP contribution in [0.5, 0.6) is 0 Å². The van der Waals surface area contributed by atoms with Gasteiger partial charge in [0.2, 0.25) is 10.0 Å². The van der Waals surface area contributed by atoms with Gasteiger partial charge < -0.3 is 4.74 Å². The summed E-state index contributed by atoms with van der Waals surface area (Å²) in [6.45, 7) is 2.45. The van der Waals surface area contributed by atoms with Crippen LogP contribution in [0.25, 0.3) is 0 Å². The molecule has 0 aliphatic carbocycles. The highest BCUT2D eigenvalue weighted by molar-refractivity contribution is 7.89. The van der Waals surface area contributed by atoms with Crippen LogP contribution in [-0.4, -0.2) is 15.0 Å². The van der Waals surface area contributed by atoms with E-state index in [0.717, 1.165) is 11.6 Å². The molecule has 2 aromatic carbocycles. The summed E-state index contributed by atoms with van der Waals surface area (Å²) in [6.07, 6.45) is -4.99. The molecular weight excluding hydrogens is 374 g/mol. The van der Waals surface area contributed by atoms with E-state index in [-0.39, 0.29) is 19.2 Å². The van der Waals surface area contributed by atoms with Crippen molar-refractivity contribution < 1.29 is 30.7 Å². The molecule has 0 heterocycles. The number of nitrogens with one attached hydrogen (secondary N) is 1. The molecule has 0 atom stereocenters. The van der Waals surface area contributed by atoms with Crippen molar-refractivity contribution in [2.75, 3.05) is 6.61 Å². The number of halogens is 4. The fraction of sp³-hybridized carbons (Fsp3) is 0.294. The van der Waals surface area contributed by atoms with Crippen LogP contribution in [0.1, 0.15) is 23.6 Å². The molecule has 0 saturated carbocycles. The molecule has 142 valence electrons. The Morgan fingerprint density at radius 2 is 1.73 bits per heavy atom. The van der Waals surface area contributed by atoms with Gasteiger partial charge in [-0.05, 0) is 36.2 Å². The van der Waals surface area contributed by atoms with Gasteiger partial charge in [0, 0.05) is 13.2 Å². The van der Waals surface area contributed by atoms with Crippen LogP contribution in [0.15, 0.2) is 47.4 Å². The summed E-state index contributed by atoms with van der Waals surface area (Å²) in [7, 11) is -4.25. The molecule has 2 aromatic rings. The Labute approximate surface area is 148 Å². The lowest BCUT2D eigenvalue weighted by Crippen LogP contribution is -2.24. The van der Waals surface area contributed by atoms with Crippen LogP contribution in [0.4, 0.5) is 17.6 Å². The van der Waals surface area contributed by atoms with Crippen molar-refractivity contribution in [2.45, 2.75) is 31.1 Å². The van der Waals surface area contributed by atoms with Crippen LogP contribution in [-0.2, 0) is 34.1 Å². The van der Waals surface area contributed by atoms with Gasteiger partial charge in [-0.1, -0.05) is 24.3 Å². The fourth-order valence-electron chi connectivity index (χ4n) is 2.23. The third-order valence-corrected chi connectivity index (χ3v) is 4.99. The van der Waals surface area contributed by atoms with E-state index in [4.69, 9.17) is 4.74 Å². The van der Waals surface area contributed by atoms with Gasteiger partial charge in [0.1, 0.15) is 5.82 Å². The number of ether oxygens (including phenoxy) is 1. The van der Waals surface area contributed by atoms with Gasteiger partial charge in [-0.15, -0.1) is 0 Å². The normalized spacial score (nSPS) is 12.3. The molecule has 0 aromatic heterocycles. The van der Waals surface area contributed by atoms with Crippen molar-refractivity contribution in [1.29, 1.82) is 0 Å². The van der Waals surface area contributed by atoms with Gasteiger partial charge in [-0.25, -0.2) is 17.5 Å². The predicted molar refractivity (Wildman–Crippen MR) is 87.2 cm³/mol. The molecule has 0 radical (unpaired) electrons. The number of sulfonamides is 1. The van der Waals surface area contributed by atoms with E-state index < -0.39 is 32.5 Å². The summed E-state index contributed by atoms with van der Waals surface area (Å²) in [6, 6.07) is 8.48. The molecular formula is C17H17F4NO3S. The number of hydrogen-bond acceptors (Lipinski definition) is 3. The average Bonchev–Trinajstić information content (AvgIpc) is 2.58. The van der Waals surface area contributed by atoms with Gasteiger partial charge in [0.25, 0.3) is 0 Å². The largest absolute Gasteiger partial charge is 0.419 e. The Balaban J connectivity index is 2.23. The van der Waals surface area contributed by atoms with Crippen molar-refractivity contribution >= 4 is 10.0 Å². The summed E-state index contributed by atoms with van der Waals surface area (Å²) < 4.78 is 83.7. The molecule has 1 N–H and O–H groups in total. The molecule has 2 rings (SSSR count). The summed E-state index contributed by atoms with van der Waals surface area (Å²) >= 11 is 0. The van der Waals surface area contributed by atoms with Crippen molar-refractivity contribution in [1.82, 2.24) is 4.72 Å². The Hall–Kier alpha value is -1.97. The zero-order valence-corrected chi connectivity index (χ0v) is 14.6. The number of rotatable bonds is 7. The lowest BCUT2D eigenvalue weighted by atomic mass is 10.1. The Bertz CT molecular complexity index is 867. The van der Waals surface area contributed by atoms with Crippen molar-refractivity contribution in [2.24, 2.45) is 0 Å². The molecule has 4 nitrogen and oxygen atoms in total. The van der Waals surface area contributed by atoms with E-state index >= 15 is 0 Å². The van der Waals surface area contributed by atoms with Crippen molar-refractivity contribution in [3.8, 4) is 0 Å². The highest BCUT2D eigenvalue weighted by Crippen LogP contribution is 2.32. The first-order chi connectivity index (χ1) is 12.1.